The van der Waals surface area contributed by atoms with Gasteiger partial charge in [-0.2, -0.15) is 0 Å². The molecule has 0 N–H and O–H groups in total. The molecular weight excluding hydrogens is 236 g/mol. The van der Waals surface area contributed by atoms with Gasteiger partial charge in [-0.3, -0.25) is 0 Å². The van der Waals surface area contributed by atoms with Crippen LogP contribution in [0.1, 0.15) is 0 Å². The summed E-state index contributed by atoms with van der Waals surface area (Å²) in [4.78, 5) is 0. The SMILES string of the molecule is C=C[CH2][Ti]([Br])([CH2]C=C)[CH2]C=C. The van der Waals surface area contributed by atoms with Crippen molar-refractivity contribution in [3.63, 3.8) is 0 Å². The predicted octanol–water partition coefficient (Wildman–Crippen LogP) is 4.26. The van der Waals surface area contributed by atoms with Gasteiger partial charge in [-0.05, 0) is 0 Å². The van der Waals surface area contributed by atoms with Crippen molar-refractivity contribution in [1.82, 2.24) is 0 Å². The van der Waals surface area contributed by atoms with E-state index in [1.165, 1.54) is 0 Å². The Kier molecular flexibility index (Phi) is 6.21. The van der Waals surface area contributed by atoms with Crippen LogP contribution in [0.3, 0.4) is 0 Å². The van der Waals surface area contributed by atoms with Gasteiger partial charge in [0.2, 0.25) is 0 Å². The van der Waals surface area contributed by atoms with Gasteiger partial charge in [-0.15, -0.1) is 0 Å². The molecule has 0 unspecified atom stereocenters. The second kappa shape index (κ2) is 5.99. The van der Waals surface area contributed by atoms with E-state index in [4.69, 9.17) is 0 Å². The third-order valence-corrected chi connectivity index (χ3v) is 10.3. The van der Waals surface area contributed by atoms with E-state index in [-0.39, 0.29) is 0 Å². The van der Waals surface area contributed by atoms with Gasteiger partial charge in [-0.25, -0.2) is 0 Å². The molecule has 0 bridgehead atoms. The molecule has 0 heterocycles. The van der Waals surface area contributed by atoms with Crippen LogP contribution in [0.4, 0.5) is 0 Å². The van der Waals surface area contributed by atoms with Crippen LogP contribution in [0.15, 0.2) is 38.0 Å². The molecule has 0 aromatic rings. The van der Waals surface area contributed by atoms with Crippen LogP contribution in [0, 0.1) is 0 Å². The van der Waals surface area contributed by atoms with Crippen molar-refractivity contribution < 1.29 is 14.5 Å². The molecule has 0 aromatic heterocycles. The summed E-state index contributed by atoms with van der Waals surface area (Å²) in [5.41, 5.74) is 0. The standard InChI is InChI=1S/3C3H5.BrH.Ti/c3*1-3-2;;/h3*3H,1-2H2;1H;/q;;;;+1/p-1. The van der Waals surface area contributed by atoms with Crippen molar-refractivity contribution in [2.24, 2.45) is 0 Å². The summed E-state index contributed by atoms with van der Waals surface area (Å²) in [5, 5.41) is 0. The van der Waals surface area contributed by atoms with Crippen molar-refractivity contribution in [2.75, 3.05) is 0 Å². The van der Waals surface area contributed by atoms with Gasteiger partial charge >= 0.3 is 79.8 Å². The minimum absolute atomic E-state index is 1.14. The molecule has 11 heavy (non-hydrogen) atoms. The van der Waals surface area contributed by atoms with Crippen molar-refractivity contribution >= 4 is 13.2 Å². The normalized spacial score (nSPS) is 10.6. The maximum atomic E-state index is 3.84. The van der Waals surface area contributed by atoms with Gasteiger partial charge in [0.05, 0.1) is 0 Å². The first-order valence-corrected chi connectivity index (χ1v) is 10.9. The Bertz CT molecular complexity index is 125. The minimum atomic E-state index is -1.78. The first kappa shape index (κ1) is 11.4. The summed E-state index contributed by atoms with van der Waals surface area (Å²) >= 11 is 2.06. The number of hydrogen-bond acceptors (Lipinski definition) is 0. The quantitative estimate of drug-likeness (QED) is 0.488. The van der Waals surface area contributed by atoms with Crippen LogP contribution in [-0.2, 0) is 14.5 Å². The van der Waals surface area contributed by atoms with Gasteiger partial charge in [0.25, 0.3) is 0 Å². The molecule has 2 heteroatoms. The molecule has 0 atom stereocenters. The van der Waals surface area contributed by atoms with Gasteiger partial charge < -0.3 is 0 Å². The molecule has 0 aliphatic carbocycles. The summed E-state index contributed by atoms with van der Waals surface area (Å²) in [7, 11) is 0. The molecular formula is C9H15BrTi. The van der Waals surface area contributed by atoms with Gasteiger partial charge in [0.15, 0.2) is 0 Å². The van der Waals surface area contributed by atoms with Crippen LogP contribution >= 0.6 is 13.2 Å². The Labute approximate surface area is 79.5 Å². The topological polar surface area (TPSA) is 0 Å². The molecule has 0 amide bonds. The Hall–Kier alpha value is 0.414. The van der Waals surface area contributed by atoms with Crippen LogP contribution in [0.5, 0.6) is 0 Å². The second-order valence-corrected chi connectivity index (χ2v) is 15.1. The summed E-state index contributed by atoms with van der Waals surface area (Å²) in [6.45, 7) is 11.3. The third-order valence-electron chi connectivity index (χ3n) is 1.53. The van der Waals surface area contributed by atoms with Crippen LogP contribution in [0.25, 0.3) is 0 Å². The number of hydrogen-bond donors (Lipinski definition) is 0. The molecule has 0 aromatic carbocycles. The average Bonchev–Trinajstić information content (AvgIpc) is 1.88. The van der Waals surface area contributed by atoms with E-state index in [1.54, 1.807) is 0 Å². The molecule has 0 spiro atoms. The predicted molar refractivity (Wildman–Crippen MR) is 53.9 cm³/mol. The van der Waals surface area contributed by atoms with Gasteiger partial charge in [0.1, 0.15) is 0 Å². The summed E-state index contributed by atoms with van der Waals surface area (Å²) in [6, 6.07) is 0. The van der Waals surface area contributed by atoms with Crippen molar-refractivity contribution in [2.45, 2.75) is 14.2 Å². The molecule has 0 fully saturated rings. The summed E-state index contributed by atoms with van der Waals surface area (Å²) in [6.07, 6.45) is 6.01. The molecule has 0 aliphatic rings. The monoisotopic (exact) mass is 250 g/mol. The molecule has 0 saturated carbocycles. The molecule has 62 valence electrons. The zero-order chi connectivity index (χ0) is 8.74. The van der Waals surface area contributed by atoms with Crippen molar-refractivity contribution in [1.29, 1.82) is 0 Å². The second-order valence-electron chi connectivity index (χ2n) is 2.63. The molecule has 0 radical (unpaired) electrons. The van der Waals surface area contributed by atoms with Crippen molar-refractivity contribution in [3.8, 4) is 0 Å². The fourth-order valence-electron chi connectivity index (χ4n) is 1.03. The zero-order valence-corrected chi connectivity index (χ0v) is 10.0. The van der Waals surface area contributed by atoms with E-state index >= 15 is 0 Å². The molecule has 0 aliphatic heterocycles. The Morgan fingerprint density at radius 2 is 1.18 bits per heavy atom. The number of allylic oxidation sites excluding steroid dienone is 3. The van der Waals surface area contributed by atoms with E-state index in [9.17, 15) is 0 Å². The Morgan fingerprint density at radius 1 is 0.909 bits per heavy atom. The van der Waals surface area contributed by atoms with E-state index in [1.807, 2.05) is 18.2 Å². The first-order valence-electron chi connectivity index (χ1n) is 3.70. The van der Waals surface area contributed by atoms with Crippen LogP contribution in [-0.4, -0.2) is 0 Å². The van der Waals surface area contributed by atoms with Gasteiger partial charge in [0, 0.05) is 0 Å². The van der Waals surface area contributed by atoms with Crippen molar-refractivity contribution in [3.05, 3.63) is 38.0 Å². The molecule has 0 rings (SSSR count). The molecule has 0 nitrogen and oxygen atoms in total. The van der Waals surface area contributed by atoms with Gasteiger partial charge in [-0.1, -0.05) is 0 Å². The fourth-order valence-corrected chi connectivity index (χ4v) is 7.06. The Balaban J connectivity index is 4.09. The van der Waals surface area contributed by atoms with E-state index in [0.29, 0.717) is 0 Å². The fraction of sp³-hybridized carbons (Fsp3) is 0.333. The van der Waals surface area contributed by atoms with E-state index in [2.05, 4.69) is 32.9 Å². The maximum absolute atomic E-state index is 3.84. The summed E-state index contributed by atoms with van der Waals surface area (Å²) in [5.74, 6) is 0. The van der Waals surface area contributed by atoms with E-state index in [0.717, 1.165) is 14.2 Å². The Morgan fingerprint density at radius 3 is 1.36 bits per heavy atom. The first-order chi connectivity index (χ1) is 5.18. The molecule has 0 saturated heterocycles. The summed E-state index contributed by atoms with van der Waals surface area (Å²) < 4.78 is 3.41. The third kappa shape index (κ3) is 4.78. The zero-order valence-electron chi connectivity index (χ0n) is 6.85. The van der Waals surface area contributed by atoms with E-state index < -0.39 is 14.5 Å². The van der Waals surface area contributed by atoms with Crippen LogP contribution in [0.2, 0.25) is 14.2 Å². The number of halogens is 1. The number of rotatable bonds is 6. The van der Waals surface area contributed by atoms with Crippen LogP contribution < -0.4 is 0 Å². The average molecular weight is 251 g/mol.